The molecule has 0 unspecified atom stereocenters. The highest BCUT2D eigenvalue weighted by Gasteiger charge is 2.50. The van der Waals surface area contributed by atoms with E-state index in [1.165, 1.54) is 87.8 Å². The van der Waals surface area contributed by atoms with E-state index < -0.39 is 0 Å². The molecule has 278 valence electrons. The smallest absolute Gasteiger partial charge is 0.269 e. The molecule has 0 bridgehead atoms. The number of hydrogen-bond acceptors (Lipinski definition) is 10. The van der Waals surface area contributed by atoms with Crippen LogP contribution in [0.25, 0.3) is 44.2 Å². The van der Waals surface area contributed by atoms with Crippen LogP contribution in [-0.4, -0.2) is 9.13 Å². The first-order valence-corrected chi connectivity index (χ1v) is 22.5. The predicted octanol–water partition coefficient (Wildman–Crippen LogP) is 6.81. The number of fused-ring (bicyclic) bond motifs is 10. The molecule has 9 rings (SSSR count). The van der Waals surface area contributed by atoms with Crippen LogP contribution in [0.4, 0.5) is 0 Å². The fourth-order valence-corrected chi connectivity index (χ4v) is 14.8. The summed E-state index contributed by atoms with van der Waals surface area (Å²) >= 11 is 5.95. The molecule has 5 aromatic rings. The van der Waals surface area contributed by atoms with Crippen LogP contribution in [0.15, 0.2) is 33.9 Å². The van der Waals surface area contributed by atoms with Crippen molar-refractivity contribution >= 4 is 68.6 Å². The van der Waals surface area contributed by atoms with Crippen LogP contribution in [0.2, 0.25) is 0 Å². The average Bonchev–Trinajstić information content (AvgIpc) is 4.05. The standard InChI is InChI=1S/C44H36N6O2S4/c1-3-49-39(51)35(55-41(49)25(21-45)22-46)17-27-15-33-37(53-27)29-19-32-30(20-31(29)43(33)11-7-5-8-12-43)38-34(44(32)13-9-6-10-14-44)16-28(54-38)18-36-40(52)50(4-2)42(56-36)26(23-47)24-48/h15-20H,3-14H2,1-2H3/b35-17-,36-18-. The summed E-state index contributed by atoms with van der Waals surface area (Å²) in [6.45, 7) is 4.49. The second-order valence-corrected chi connectivity index (χ2v) is 19.4. The lowest BCUT2D eigenvalue weighted by molar-refractivity contribution is 0.350. The van der Waals surface area contributed by atoms with Gasteiger partial charge in [0.25, 0.3) is 11.1 Å². The summed E-state index contributed by atoms with van der Waals surface area (Å²) in [5.74, 6) is 0. The first-order valence-electron chi connectivity index (χ1n) is 19.3. The van der Waals surface area contributed by atoms with E-state index in [2.05, 4.69) is 24.3 Å². The Labute approximate surface area is 339 Å². The first-order chi connectivity index (χ1) is 27.2. The fraction of sp³-hybridized carbons (Fsp3) is 0.364. The zero-order chi connectivity index (χ0) is 38.9. The number of thiophene rings is 2. The SMILES string of the molecule is CCn1c(=C(C#N)C#N)s/c(=C\c2cc3c(s2)-c2cc4c(cc2C32CCCCC2)-c2sc(/C=c3\sc(=C(C#N)C#N)n(CC)c3=O)cc2C42CCCCC2)c1=O. The maximum absolute atomic E-state index is 13.5. The molecule has 0 amide bonds. The Morgan fingerprint density at radius 1 is 0.589 bits per heavy atom. The van der Waals surface area contributed by atoms with Gasteiger partial charge in [-0.05, 0) is 109 Å². The maximum Gasteiger partial charge on any atom is 0.269 e. The fourth-order valence-electron chi connectivity index (χ4n) is 10.0. The minimum atomic E-state index is -0.167. The van der Waals surface area contributed by atoms with Gasteiger partial charge in [0.1, 0.15) is 33.6 Å². The van der Waals surface area contributed by atoms with Crippen molar-refractivity contribution in [3.63, 3.8) is 0 Å². The van der Waals surface area contributed by atoms with Gasteiger partial charge >= 0.3 is 0 Å². The molecular formula is C44H36N6O2S4. The summed E-state index contributed by atoms with van der Waals surface area (Å²) in [6, 6.07) is 17.5. The molecule has 0 N–H and O–H groups in total. The lowest BCUT2D eigenvalue weighted by Crippen LogP contribution is -2.31. The molecule has 4 heterocycles. The van der Waals surface area contributed by atoms with Crippen LogP contribution in [0.5, 0.6) is 0 Å². The number of rotatable bonds is 4. The third-order valence-corrected chi connectivity index (χ3v) is 17.0. The molecule has 0 aliphatic heterocycles. The van der Waals surface area contributed by atoms with Gasteiger partial charge in [0.2, 0.25) is 0 Å². The van der Waals surface area contributed by atoms with Gasteiger partial charge in [0.15, 0.2) is 11.1 Å². The van der Waals surface area contributed by atoms with Gasteiger partial charge in [-0.3, -0.25) is 18.7 Å². The molecule has 4 aliphatic rings. The Bertz CT molecular complexity index is 2830. The number of aromatic nitrogens is 2. The van der Waals surface area contributed by atoms with E-state index in [-0.39, 0.29) is 33.1 Å². The number of nitrogens with zero attached hydrogens (tertiary/aromatic N) is 6. The molecule has 0 atom stereocenters. The van der Waals surface area contributed by atoms with E-state index in [9.17, 15) is 30.6 Å². The quantitative estimate of drug-likeness (QED) is 0.196. The lowest BCUT2D eigenvalue weighted by Gasteiger charge is -2.37. The third-order valence-electron chi connectivity index (χ3n) is 12.5. The molecule has 2 fully saturated rings. The highest BCUT2D eigenvalue weighted by molar-refractivity contribution is 7.17. The number of thiazole rings is 2. The Hall–Kier alpha value is -5.08. The van der Waals surface area contributed by atoms with Crippen LogP contribution >= 0.6 is 45.3 Å². The summed E-state index contributed by atoms with van der Waals surface area (Å²) < 4.78 is 4.97. The highest BCUT2D eigenvalue weighted by atomic mass is 32.1. The molecular weight excluding hydrogens is 773 g/mol. The van der Waals surface area contributed by atoms with Crippen molar-refractivity contribution in [3.8, 4) is 45.2 Å². The van der Waals surface area contributed by atoms with E-state index in [4.69, 9.17) is 0 Å². The van der Waals surface area contributed by atoms with Gasteiger partial charge < -0.3 is 0 Å². The Morgan fingerprint density at radius 3 is 1.30 bits per heavy atom. The molecule has 1 aromatic carbocycles. The Balaban J connectivity index is 1.23. The van der Waals surface area contributed by atoms with Crippen LogP contribution in [0.1, 0.15) is 110 Å². The van der Waals surface area contributed by atoms with Crippen molar-refractivity contribution < 1.29 is 0 Å². The zero-order valence-corrected chi connectivity index (χ0v) is 34.3. The Kier molecular flexibility index (Phi) is 9.03. The monoisotopic (exact) mass is 808 g/mol. The van der Waals surface area contributed by atoms with Gasteiger partial charge in [-0.2, -0.15) is 21.0 Å². The van der Waals surface area contributed by atoms with Crippen LogP contribution in [-0.2, 0) is 23.9 Å². The van der Waals surface area contributed by atoms with Gasteiger partial charge in [-0.25, -0.2) is 0 Å². The van der Waals surface area contributed by atoms with Gasteiger partial charge in [-0.1, -0.05) is 38.5 Å². The van der Waals surface area contributed by atoms with Crippen molar-refractivity contribution in [2.24, 2.45) is 0 Å². The molecule has 8 nitrogen and oxygen atoms in total. The average molecular weight is 809 g/mol. The summed E-state index contributed by atoms with van der Waals surface area (Å²) in [6.07, 6.45) is 15.3. The van der Waals surface area contributed by atoms with E-state index in [1.54, 1.807) is 22.7 Å². The number of nitriles is 4. The molecule has 2 saturated carbocycles. The summed E-state index contributed by atoms with van der Waals surface area (Å²) in [7, 11) is 0. The van der Waals surface area contributed by atoms with E-state index >= 15 is 0 Å². The van der Waals surface area contributed by atoms with E-state index in [1.807, 2.05) is 50.3 Å². The van der Waals surface area contributed by atoms with Crippen molar-refractivity contribution in [1.29, 1.82) is 21.0 Å². The molecule has 0 saturated heterocycles. The van der Waals surface area contributed by atoms with Crippen LogP contribution in [0, 0.1) is 45.3 Å². The van der Waals surface area contributed by atoms with Crippen LogP contribution < -0.4 is 29.5 Å². The normalized spacial score (nSPS) is 17.5. The third kappa shape index (κ3) is 5.20. The van der Waals surface area contributed by atoms with Gasteiger partial charge in [0.05, 0.1) is 9.06 Å². The maximum atomic E-state index is 13.5. The molecule has 0 radical (unpaired) electrons. The van der Waals surface area contributed by atoms with Gasteiger partial charge in [-0.15, -0.1) is 45.3 Å². The van der Waals surface area contributed by atoms with Gasteiger partial charge in [0, 0.05) is 43.4 Å². The van der Waals surface area contributed by atoms with Crippen molar-refractivity contribution in [2.45, 2.75) is 102 Å². The molecule has 56 heavy (non-hydrogen) atoms. The van der Waals surface area contributed by atoms with Crippen molar-refractivity contribution in [2.75, 3.05) is 0 Å². The highest BCUT2D eigenvalue weighted by Crippen LogP contribution is 2.64. The predicted molar refractivity (Wildman–Crippen MR) is 224 cm³/mol. The van der Waals surface area contributed by atoms with E-state index in [0.29, 0.717) is 31.5 Å². The summed E-state index contributed by atoms with van der Waals surface area (Å²) in [5.41, 5.74) is 7.61. The number of benzene rings is 1. The Morgan fingerprint density at radius 2 is 0.964 bits per heavy atom. The molecule has 2 spiro atoms. The minimum Gasteiger partial charge on any atom is -0.298 e. The topological polar surface area (TPSA) is 139 Å². The summed E-state index contributed by atoms with van der Waals surface area (Å²) in [5, 5.41) is 38.3. The molecule has 4 aromatic heterocycles. The summed E-state index contributed by atoms with van der Waals surface area (Å²) in [4.78, 5) is 31.7. The second kappa shape index (κ2) is 13.8. The number of hydrogen-bond donors (Lipinski definition) is 0. The molecule has 4 aliphatic carbocycles. The van der Waals surface area contributed by atoms with Crippen molar-refractivity contribution in [3.05, 3.63) is 95.4 Å². The second-order valence-electron chi connectivity index (χ2n) is 15.1. The van der Waals surface area contributed by atoms with E-state index in [0.717, 1.165) is 61.1 Å². The zero-order valence-electron chi connectivity index (χ0n) is 31.1. The molecule has 12 heteroatoms. The minimum absolute atomic E-state index is 0.0368. The largest absolute Gasteiger partial charge is 0.298 e. The van der Waals surface area contributed by atoms with Crippen LogP contribution in [0.3, 0.4) is 0 Å². The first kappa shape index (κ1) is 36.6. The van der Waals surface area contributed by atoms with Crippen molar-refractivity contribution in [1.82, 2.24) is 9.13 Å². The lowest BCUT2D eigenvalue weighted by atomic mass is 9.66.